The third-order valence-corrected chi connectivity index (χ3v) is 5.12. The lowest BCUT2D eigenvalue weighted by molar-refractivity contribution is -0.116. The Bertz CT molecular complexity index is 1320. The van der Waals surface area contributed by atoms with E-state index in [1.54, 1.807) is 18.2 Å². The van der Waals surface area contributed by atoms with Gasteiger partial charge < -0.3 is 9.84 Å². The number of aromatic nitrogens is 4. The molecule has 1 aliphatic rings. The molecule has 30 heavy (non-hydrogen) atoms. The van der Waals surface area contributed by atoms with Crippen LogP contribution in [0.2, 0.25) is 0 Å². The summed E-state index contributed by atoms with van der Waals surface area (Å²) in [5.74, 6) is 1.21. The van der Waals surface area contributed by atoms with Gasteiger partial charge in [0.15, 0.2) is 5.82 Å². The lowest BCUT2D eigenvalue weighted by Crippen LogP contribution is -2.22. The van der Waals surface area contributed by atoms with Gasteiger partial charge in [-0.3, -0.25) is 14.3 Å². The highest BCUT2D eigenvalue weighted by molar-refractivity contribution is 5.95. The summed E-state index contributed by atoms with van der Waals surface area (Å²) >= 11 is 0. The molecule has 2 aromatic carbocycles. The Kier molecular flexibility index (Phi) is 4.39. The van der Waals surface area contributed by atoms with Gasteiger partial charge in [0, 0.05) is 11.3 Å². The fourth-order valence-corrected chi connectivity index (χ4v) is 3.41. The molecule has 1 amide bonds. The van der Waals surface area contributed by atoms with Gasteiger partial charge in [-0.1, -0.05) is 28.9 Å². The van der Waals surface area contributed by atoms with Crippen molar-refractivity contribution in [2.45, 2.75) is 32.2 Å². The molecule has 0 radical (unpaired) electrons. The van der Waals surface area contributed by atoms with Crippen LogP contribution in [-0.4, -0.2) is 25.8 Å². The van der Waals surface area contributed by atoms with Crippen LogP contribution in [0.4, 0.5) is 5.69 Å². The summed E-state index contributed by atoms with van der Waals surface area (Å²) in [6.07, 6.45) is 3.39. The average Bonchev–Trinajstić information content (AvgIpc) is 3.48. The van der Waals surface area contributed by atoms with Crippen molar-refractivity contribution in [2.75, 3.05) is 5.32 Å². The molecule has 0 saturated heterocycles. The van der Waals surface area contributed by atoms with Crippen molar-refractivity contribution < 1.29 is 9.32 Å². The van der Waals surface area contributed by atoms with Crippen LogP contribution in [0.15, 0.2) is 58.0 Å². The highest BCUT2D eigenvalue weighted by atomic mass is 16.5. The molecule has 150 valence electrons. The van der Waals surface area contributed by atoms with Crippen LogP contribution in [0.3, 0.4) is 0 Å². The fraction of sp³-hybridized carbons (Fsp3) is 0.227. The highest BCUT2D eigenvalue weighted by Gasteiger charge is 2.29. The minimum atomic E-state index is -0.275. The molecule has 0 unspecified atom stereocenters. The Morgan fingerprint density at radius 3 is 2.90 bits per heavy atom. The van der Waals surface area contributed by atoms with Gasteiger partial charge >= 0.3 is 0 Å². The molecule has 1 aliphatic carbocycles. The monoisotopic (exact) mass is 401 g/mol. The normalized spacial score (nSPS) is 13.5. The summed E-state index contributed by atoms with van der Waals surface area (Å²) in [4.78, 5) is 29.3. The first-order chi connectivity index (χ1) is 14.6. The molecule has 0 bridgehead atoms. The maximum Gasteiger partial charge on any atom is 0.260 e. The summed E-state index contributed by atoms with van der Waals surface area (Å²) in [7, 11) is 0. The number of para-hydroxylation sites is 1. The first kappa shape index (κ1) is 18.2. The molecule has 1 N–H and O–H groups in total. The average molecular weight is 401 g/mol. The van der Waals surface area contributed by atoms with E-state index in [-0.39, 0.29) is 17.9 Å². The Labute approximate surface area is 171 Å². The van der Waals surface area contributed by atoms with Crippen molar-refractivity contribution in [3.8, 4) is 11.5 Å². The molecule has 1 fully saturated rings. The number of nitrogens with one attached hydrogen (secondary N) is 1. The molecular weight excluding hydrogens is 382 g/mol. The van der Waals surface area contributed by atoms with Crippen molar-refractivity contribution in [2.24, 2.45) is 0 Å². The fourth-order valence-electron chi connectivity index (χ4n) is 3.41. The Morgan fingerprint density at radius 2 is 2.07 bits per heavy atom. The van der Waals surface area contributed by atoms with E-state index in [0.29, 0.717) is 39.8 Å². The minimum absolute atomic E-state index is 0.0364. The van der Waals surface area contributed by atoms with E-state index in [2.05, 4.69) is 20.6 Å². The van der Waals surface area contributed by atoms with Gasteiger partial charge in [0.05, 0.1) is 23.0 Å². The molecule has 2 heterocycles. The molecular formula is C22H19N5O3. The van der Waals surface area contributed by atoms with Gasteiger partial charge in [0.1, 0.15) is 6.54 Å². The first-order valence-electron chi connectivity index (χ1n) is 9.78. The number of nitrogens with zero attached hydrogens (tertiary/aromatic N) is 4. The molecule has 2 aromatic heterocycles. The van der Waals surface area contributed by atoms with E-state index in [1.807, 2.05) is 31.2 Å². The second kappa shape index (κ2) is 7.22. The van der Waals surface area contributed by atoms with Crippen LogP contribution >= 0.6 is 0 Å². The van der Waals surface area contributed by atoms with Crippen molar-refractivity contribution in [3.63, 3.8) is 0 Å². The van der Waals surface area contributed by atoms with E-state index in [0.717, 1.165) is 18.4 Å². The number of amides is 1. The largest absolute Gasteiger partial charge is 0.334 e. The number of anilines is 1. The van der Waals surface area contributed by atoms with E-state index < -0.39 is 0 Å². The molecule has 4 aromatic rings. The summed E-state index contributed by atoms with van der Waals surface area (Å²) in [6, 6.07) is 12.7. The number of hydrogen-bond donors (Lipinski definition) is 1. The number of carbonyl (C=O) groups excluding carboxylic acids is 1. The van der Waals surface area contributed by atoms with E-state index in [4.69, 9.17) is 4.52 Å². The van der Waals surface area contributed by atoms with Gasteiger partial charge in [-0.25, -0.2) is 0 Å². The molecule has 1 saturated carbocycles. The van der Waals surface area contributed by atoms with Gasteiger partial charge in [0.2, 0.25) is 11.3 Å². The lowest BCUT2D eigenvalue weighted by Gasteiger charge is -2.12. The molecule has 8 nitrogen and oxygen atoms in total. The first-order valence-corrected chi connectivity index (χ1v) is 9.78. The van der Waals surface area contributed by atoms with Crippen LogP contribution in [0.5, 0.6) is 0 Å². The Morgan fingerprint density at radius 1 is 1.23 bits per heavy atom. The lowest BCUT2D eigenvalue weighted by atomic mass is 10.1. The van der Waals surface area contributed by atoms with Crippen LogP contribution in [0, 0.1) is 6.92 Å². The quantitative estimate of drug-likeness (QED) is 0.551. The third-order valence-electron chi connectivity index (χ3n) is 5.12. The highest BCUT2D eigenvalue weighted by Crippen LogP contribution is 2.39. The van der Waals surface area contributed by atoms with Gasteiger partial charge in [-0.05, 0) is 44.0 Å². The number of hydrogen-bond acceptors (Lipinski definition) is 6. The number of rotatable bonds is 5. The predicted molar refractivity (Wildman–Crippen MR) is 111 cm³/mol. The maximum absolute atomic E-state index is 12.8. The van der Waals surface area contributed by atoms with Gasteiger partial charge in [-0.15, -0.1) is 0 Å². The summed E-state index contributed by atoms with van der Waals surface area (Å²) < 4.78 is 6.97. The van der Waals surface area contributed by atoms with Crippen molar-refractivity contribution in [1.82, 2.24) is 19.9 Å². The molecule has 0 spiro atoms. The van der Waals surface area contributed by atoms with Crippen LogP contribution in [0.25, 0.3) is 22.4 Å². The Hall–Kier alpha value is -3.81. The standard InChI is InChI=1S/C22H19N5O3/c1-13-6-9-17(16(10-13)22-25-21(26-30-22)14-7-8-14)24-20(29)12-27-18-5-3-2-4-15(18)19(28)11-23-27/h2-6,9-11,14H,7-8,12H2,1H3,(H,24,29). The summed E-state index contributed by atoms with van der Waals surface area (Å²) in [5, 5.41) is 11.6. The SMILES string of the molecule is Cc1ccc(NC(=O)Cn2ncc(=O)c3ccccc32)c(-c2nc(C3CC3)no2)c1. The van der Waals surface area contributed by atoms with Crippen LogP contribution in [0.1, 0.15) is 30.1 Å². The molecule has 5 rings (SSSR count). The number of fused-ring (bicyclic) bond motifs is 1. The number of aryl methyl sites for hydroxylation is 1. The van der Waals surface area contributed by atoms with Gasteiger partial charge in [-0.2, -0.15) is 10.1 Å². The molecule has 0 atom stereocenters. The zero-order valence-corrected chi connectivity index (χ0v) is 16.3. The Balaban J connectivity index is 1.43. The molecule has 0 aliphatic heterocycles. The summed E-state index contributed by atoms with van der Waals surface area (Å²) in [5.41, 5.74) is 2.71. The van der Waals surface area contributed by atoms with E-state index in [1.165, 1.54) is 10.9 Å². The van der Waals surface area contributed by atoms with Crippen molar-refractivity contribution in [1.29, 1.82) is 0 Å². The zero-order chi connectivity index (χ0) is 20.7. The zero-order valence-electron chi connectivity index (χ0n) is 16.3. The number of carbonyl (C=O) groups is 1. The van der Waals surface area contributed by atoms with Crippen LogP contribution < -0.4 is 10.7 Å². The smallest absolute Gasteiger partial charge is 0.260 e. The second-order valence-corrected chi connectivity index (χ2v) is 7.51. The maximum atomic E-state index is 12.8. The van der Waals surface area contributed by atoms with Crippen LogP contribution in [-0.2, 0) is 11.3 Å². The number of benzene rings is 2. The third kappa shape index (κ3) is 3.47. The van der Waals surface area contributed by atoms with E-state index in [9.17, 15) is 9.59 Å². The predicted octanol–water partition coefficient (Wildman–Crippen LogP) is 3.27. The van der Waals surface area contributed by atoms with E-state index >= 15 is 0 Å². The molecule has 8 heteroatoms. The van der Waals surface area contributed by atoms with Crippen molar-refractivity contribution in [3.05, 3.63) is 70.3 Å². The minimum Gasteiger partial charge on any atom is -0.334 e. The van der Waals surface area contributed by atoms with Gasteiger partial charge in [0.25, 0.3) is 5.89 Å². The summed E-state index contributed by atoms with van der Waals surface area (Å²) in [6.45, 7) is 1.93. The van der Waals surface area contributed by atoms with Crippen molar-refractivity contribution >= 4 is 22.5 Å². The topological polar surface area (TPSA) is 103 Å². The second-order valence-electron chi connectivity index (χ2n) is 7.51.